The smallest absolute Gasteiger partial charge is 0.422 e. The highest BCUT2D eigenvalue weighted by Gasteiger charge is 2.34. The summed E-state index contributed by atoms with van der Waals surface area (Å²) in [6.07, 6.45) is -2.47. The Balaban J connectivity index is 1.73. The average molecular weight is 421 g/mol. The second-order valence-corrected chi connectivity index (χ2v) is 6.44. The Hall–Kier alpha value is -3.18. The van der Waals surface area contributed by atoms with E-state index in [1.807, 2.05) is 24.3 Å². The number of benzene rings is 2. The Morgan fingerprint density at radius 1 is 1.20 bits per heavy atom. The van der Waals surface area contributed by atoms with Gasteiger partial charge in [-0.15, -0.1) is 0 Å². The van der Waals surface area contributed by atoms with Crippen LogP contribution in [0.4, 0.5) is 17.6 Å². The van der Waals surface area contributed by atoms with E-state index >= 15 is 0 Å². The standard InChI is InChI=1S/C19H16BF4N3O3/c21-14-6-5-12(9-13(14)19(22,23)24)10-17(20(29)30)26-18(28)7-8-27-11-25-15-3-1-2-4-16(15)27/h1-6,9-11,29-30H,7-8H2,(H,26,28)/b17-10+. The zero-order valence-corrected chi connectivity index (χ0v) is 15.4. The largest absolute Gasteiger partial charge is 0.505 e. The summed E-state index contributed by atoms with van der Waals surface area (Å²) in [7, 11) is -2.15. The van der Waals surface area contributed by atoms with Gasteiger partial charge in [-0.05, 0) is 35.9 Å². The lowest BCUT2D eigenvalue weighted by Gasteiger charge is -2.12. The number of para-hydroxylation sites is 2. The number of nitrogens with one attached hydrogen (secondary N) is 1. The maximum absolute atomic E-state index is 13.4. The number of hydrogen-bond acceptors (Lipinski definition) is 4. The molecular weight excluding hydrogens is 405 g/mol. The summed E-state index contributed by atoms with van der Waals surface area (Å²) in [6, 6.07) is 9.44. The van der Waals surface area contributed by atoms with Crippen molar-refractivity contribution in [3.63, 3.8) is 0 Å². The van der Waals surface area contributed by atoms with Crippen molar-refractivity contribution in [1.82, 2.24) is 14.9 Å². The maximum atomic E-state index is 13.4. The SMILES string of the molecule is O=C(CCn1cnc2ccccc21)N/C(=C/c1ccc(F)c(C(F)(F)F)c1)B(O)O. The van der Waals surface area contributed by atoms with Gasteiger partial charge in [-0.1, -0.05) is 18.2 Å². The molecule has 3 N–H and O–H groups in total. The van der Waals surface area contributed by atoms with Gasteiger partial charge in [0, 0.05) is 18.6 Å². The van der Waals surface area contributed by atoms with E-state index in [1.54, 1.807) is 10.9 Å². The van der Waals surface area contributed by atoms with Crippen molar-refractivity contribution in [2.45, 2.75) is 19.1 Å². The van der Waals surface area contributed by atoms with Crippen LogP contribution in [-0.2, 0) is 17.5 Å². The summed E-state index contributed by atoms with van der Waals surface area (Å²) in [5, 5.41) is 21.2. The van der Waals surface area contributed by atoms with Crippen molar-refractivity contribution in [3.05, 3.63) is 71.3 Å². The predicted octanol–water partition coefficient (Wildman–Crippen LogP) is 2.75. The molecule has 0 aliphatic rings. The molecule has 6 nitrogen and oxygen atoms in total. The molecule has 0 saturated heterocycles. The van der Waals surface area contributed by atoms with Gasteiger partial charge in [0.25, 0.3) is 0 Å². The number of fused-ring (bicyclic) bond motifs is 1. The lowest BCUT2D eigenvalue weighted by atomic mass is 9.84. The number of carbonyl (C=O) groups excluding carboxylic acids is 1. The van der Waals surface area contributed by atoms with Crippen molar-refractivity contribution >= 4 is 30.1 Å². The maximum Gasteiger partial charge on any atom is 0.505 e. The molecule has 0 saturated carbocycles. The Kier molecular flexibility index (Phi) is 6.23. The molecule has 1 heterocycles. The third-order valence-electron chi connectivity index (χ3n) is 4.29. The van der Waals surface area contributed by atoms with E-state index in [-0.39, 0.29) is 18.5 Å². The van der Waals surface area contributed by atoms with Crippen molar-refractivity contribution in [2.24, 2.45) is 0 Å². The number of alkyl halides is 3. The summed E-state index contributed by atoms with van der Waals surface area (Å²) in [5.74, 6) is -2.05. The van der Waals surface area contributed by atoms with E-state index in [0.29, 0.717) is 12.1 Å². The van der Waals surface area contributed by atoms with Crippen LogP contribution in [0, 0.1) is 5.82 Å². The van der Waals surface area contributed by atoms with E-state index in [2.05, 4.69) is 10.3 Å². The van der Waals surface area contributed by atoms with Crippen LogP contribution >= 0.6 is 0 Å². The highest BCUT2D eigenvalue weighted by atomic mass is 19.4. The molecule has 0 aliphatic heterocycles. The minimum Gasteiger partial charge on any atom is -0.422 e. The van der Waals surface area contributed by atoms with Crippen LogP contribution in [0.15, 0.2) is 54.4 Å². The number of hydrogen-bond donors (Lipinski definition) is 3. The van der Waals surface area contributed by atoms with Crippen molar-refractivity contribution < 1.29 is 32.4 Å². The highest BCUT2D eigenvalue weighted by molar-refractivity contribution is 6.52. The van der Waals surface area contributed by atoms with E-state index in [4.69, 9.17) is 0 Å². The molecule has 0 spiro atoms. The van der Waals surface area contributed by atoms with Crippen LogP contribution in [0.2, 0.25) is 0 Å². The second-order valence-electron chi connectivity index (χ2n) is 6.44. The number of carbonyl (C=O) groups is 1. The molecule has 156 valence electrons. The van der Waals surface area contributed by atoms with Crippen molar-refractivity contribution in [3.8, 4) is 0 Å². The molecule has 3 rings (SSSR count). The number of aromatic nitrogens is 2. The molecule has 0 fully saturated rings. The van der Waals surface area contributed by atoms with Gasteiger partial charge in [0.2, 0.25) is 5.91 Å². The van der Waals surface area contributed by atoms with Crippen LogP contribution < -0.4 is 5.32 Å². The Labute approximate surface area is 168 Å². The summed E-state index contributed by atoms with van der Waals surface area (Å²) in [5.41, 5.74) is -0.528. The molecule has 0 bridgehead atoms. The molecule has 30 heavy (non-hydrogen) atoms. The molecule has 1 aromatic heterocycles. The first-order chi connectivity index (χ1) is 14.1. The van der Waals surface area contributed by atoms with E-state index < -0.39 is 36.2 Å². The van der Waals surface area contributed by atoms with Crippen LogP contribution in [0.3, 0.4) is 0 Å². The van der Waals surface area contributed by atoms with Crippen LogP contribution in [0.1, 0.15) is 17.5 Å². The lowest BCUT2D eigenvalue weighted by molar-refractivity contribution is -0.140. The van der Waals surface area contributed by atoms with Gasteiger partial charge in [0.15, 0.2) is 0 Å². The second kappa shape index (κ2) is 8.68. The Bertz CT molecular complexity index is 1100. The van der Waals surface area contributed by atoms with Gasteiger partial charge in [-0.3, -0.25) is 4.79 Å². The zero-order chi connectivity index (χ0) is 21.9. The number of nitrogens with zero attached hydrogens (tertiary/aromatic N) is 2. The van der Waals surface area contributed by atoms with Gasteiger partial charge in [-0.25, -0.2) is 9.37 Å². The zero-order valence-electron chi connectivity index (χ0n) is 15.4. The summed E-state index contributed by atoms with van der Waals surface area (Å²) < 4.78 is 53.7. The molecule has 2 aromatic carbocycles. The topological polar surface area (TPSA) is 87.4 Å². The lowest BCUT2D eigenvalue weighted by Crippen LogP contribution is -2.33. The first kappa shape index (κ1) is 21.5. The van der Waals surface area contributed by atoms with Gasteiger partial charge in [0.05, 0.1) is 22.9 Å². The summed E-state index contributed by atoms with van der Waals surface area (Å²) in [6.45, 7) is 0.246. The van der Waals surface area contributed by atoms with Gasteiger partial charge < -0.3 is 19.9 Å². The fourth-order valence-electron chi connectivity index (χ4n) is 2.84. The molecular formula is C19H16BF4N3O3. The fourth-order valence-corrected chi connectivity index (χ4v) is 2.84. The first-order valence-electron chi connectivity index (χ1n) is 8.79. The Morgan fingerprint density at radius 2 is 1.93 bits per heavy atom. The average Bonchev–Trinajstić information content (AvgIpc) is 3.09. The third kappa shape index (κ3) is 5.05. The van der Waals surface area contributed by atoms with E-state index in [1.165, 1.54) is 0 Å². The van der Waals surface area contributed by atoms with Gasteiger partial charge in [0.1, 0.15) is 5.82 Å². The van der Waals surface area contributed by atoms with Crippen molar-refractivity contribution in [1.29, 1.82) is 0 Å². The van der Waals surface area contributed by atoms with Crippen molar-refractivity contribution in [2.75, 3.05) is 0 Å². The normalized spacial score (nSPS) is 12.3. The Morgan fingerprint density at radius 3 is 2.63 bits per heavy atom. The van der Waals surface area contributed by atoms with E-state index in [0.717, 1.165) is 23.2 Å². The molecule has 3 aromatic rings. The monoisotopic (exact) mass is 421 g/mol. The molecule has 0 atom stereocenters. The summed E-state index contributed by atoms with van der Waals surface area (Å²) >= 11 is 0. The van der Waals surface area contributed by atoms with E-state index in [9.17, 15) is 32.4 Å². The highest BCUT2D eigenvalue weighted by Crippen LogP contribution is 2.32. The molecule has 11 heteroatoms. The molecule has 0 radical (unpaired) electrons. The van der Waals surface area contributed by atoms with Crippen LogP contribution in [-0.4, -0.2) is 32.6 Å². The van der Waals surface area contributed by atoms with Crippen LogP contribution in [0.5, 0.6) is 0 Å². The summed E-state index contributed by atoms with van der Waals surface area (Å²) in [4.78, 5) is 16.4. The first-order valence-corrected chi connectivity index (χ1v) is 8.79. The minimum absolute atomic E-state index is 0.0539. The van der Waals surface area contributed by atoms with Gasteiger partial charge in [-0.2, -0.15) is 13.2 Å². The predicted molar refractivity (Wildman–Crippen MR) is 102 cm³/mol. The quantitative estimate of drug-likeness (QED) is 0.422. The minimum atomic E-state index is -4.91. The number of halogens is 4. The number of rotatable bonds is 6. The number of imidazole rings is 1. The third-order valence-corrected chi connectivity index (χ3v) is 4.29. The molecule has 0 unspecified atom stereocenters. The number of aryl methyl sites for hydroxylation is 1. The fraction of sp³-hybridized carbons (Fsp3) is 0.158. The number of amides is 1. The molecule has 0 aliphatic carbocycles. The van der Waals surface area contributed by atoms with Crippen LogP contribution in [0.25, 0.3) is 17.1 Å². The molecule has 1 amide bonds. The van der Waals surface area contributed by atoms with Gasteiger partial charge >= 0.3 is 13.3 Å².